The minimum atomic E-state index is -1.36. The van der Waals surface area contributed by atoms with Crippen LogP contribution in [0.5, 0.6) is 5.75 Å². The zero-order valence-electron chi connectivity index (χ0n) is 24.2. The van der Waals surface area contributed by atoms with E-state index in [1.54, 1.807) is 52.0 Å². The quantitative estimate of drug-likeness (QED) is 0.284. The minimum absolute atomic E-state index is 0.0452. The topological polar surface area (TPSA) is 151 Å². The van der Waals surface area contributed by atoms with E-state index in [0.717, 1.165) is 18.4 Å². The maximum absolute atomic E-state index is 14.1. The second-order valence-corrected chi connectivity index (χ2v) is 10.9. The van der Waals surface area contributed by atoms with Crippen LogP contribution < -0.4 is 16.4 Å². The standard InChI is InChI=1S/C30H42N4O6/c1-7-8-11-16-34(28(38)23(18-25(31)36)33-29(39)40-30(4,5)6)26(21-14-15-24(35)20(3)17-21)27(37)32-22-13-10-9-12-19(22)2/h9-10,12-15,17,23,26,35H,7-8,11,16,18H2,1-6H3,(H2,31,36)(H,32,37)(H,33,39). The van der Waals surface area contributed by atoms with E-state index in [-0.39, 0.29) is 12.3 Å². The number of unbranched alkanes of at least 4 members (excludes halogenated alkanes) is 2. The van der Waals surface area contributed by atoms with E-state index in [1.807, 2.05) is 26.0 Å². The van der Waals surface area contributed by atoms with Gasteiger partial charge in [-0.15, -0.1) is 0 Å². The molecule has 2 rings (SSSR count). The number of carbonyl (C=O) groups is 4. The van der Waals surface area contributed by atoms with E-state index < -0.39 is 47.9 Å². The predicted molar refractivity (Wildman–Crippen MR) is 154 cm³/mol. The molecule has 0 saturated heterocycles. The molecule has 2 unspecified atom stereocenters. The highest BCUT2D eigenvalue weighted by atomic mass is 16.6. The number of nitrogens with two attached hydrogens (primary N) is 1. The van der Waals surface area contributed by atoms with Crippen LogP contribution in [0, 0.1) is 13.8 Å². The molecule has 2 aromatic carbocycles. The highest BCUT2D eigenvalue weighted by Gasteiger charge is 2.37. The van der Waals surface area contributed by atoms with E-state index >= 15 is 0 Å². The lowest BCUT2D eigenvalue weighted by atomic mass is 9.99. The highest BCUT2D eigenvalue weighted by molar-refractivity contribution is 6.00. The zero-order valence-corrected chi connectivity index (χ0v) is 24.2. The molecular weight excluding hydrogens is 512 g/mol. The number of benzene rings is 2. The number of hydrogen-bond acceptors (Lipinski definition) is 6. The van der Waals surface area contributed by atoms with Crippen LogP contribution in [0.25, 0.3) is 0 Å². The monoisotopic (exact) mass is 554 g/mol. The van der Waals surface area contributed by atoms with E-state index in [9.17, 15) is 24.3 Å². The van der Waals surface area contributed by atoms with Crippen LogP contribution in [0.3, 0.4) is 0 Å². The molecule has 0 aliphatic rings. The number of nitrogens with zero attached hydrogens (tertiary/aromatic N) is 1. The third kappa shape index (κ3) is 9.59. The van der Waals surface area contributed by atoms with E-state index in [1.165, 1.54) is 11.0 Å². The van der Waals surface area contributed by atoms with Crippen LogP contribution in [0.2, 0.25) is 0 Å². The molecule has 0 aliphatic heterocycles. The normalized spacial score (nSPS) is 12.7. The smallest absolute Gasteiger partial charge is 0.408 e. The summed E-state index contributed by atoms with van der Waals surface area (Å²) < 4.78 is 5.31. The van der Waals surface area contributed by atoms with Gasteiger partial charge in [0.25, 0.3) is 5.91 Å². The Kier molecular flexibility index (Phi) is 11.5. The van der Waals surface area contributed by atoms with Gasteiger partial charge in [0, 0.05) is 12.2 Å². The molecule has 0 spiro atoms. The molecule has 0 aromatic heterocycles. The van der Waals surface area contributed by atoms with Gasteiger partial charge in [-0.3, -0.25) is 14.4 Å². The van der Waals surface area contributed by atoms with Crippen molar-refractivity contribution in [2.24, 2.45) is 5.73 Å². The molecule has 10 heteroatoms. The van der Waals surface area contributed by atoms with Crippen molar-refractivity contribution in [3.63, 3.8) is 0 Å². The molecule has 0 bridgehead atoms. The Morgan fingerprint density at radius 1 is 1.02 bits per heavy atom. The van der Waals surface area contributed by atoms with Gasteiger partial charge in [-0.05, 0) is 75.9 Å². The third-order valence-corrected chi connectivity index (χ3v) is 6.18. The number of carbonyl (C=O) groups excluding carboxylic acids is 4. The van der Waals surface area contributed by atoms with Crippen molar-refractivity contribution in [2.45, 2.75) is 84.9 Å². The Morgan fingerprint density at radius 2 is 1.70 bits per heavy atom. The van der Waals surface area contributed by atoms with Gasteiger partial charge in [0.15, 0.2) is 0 Å². The van der Waals surface area contributed by atoms with Gasteiger partial charge >= 0.3 is 6.09 Å². The first-order valence-corrected chi connectivity index (χ1v) is 13.5. The second kappa shape index (κ2) is 14.3. The third-order valence-electron chi connectivity index (χ3n) is 6.18. The molecule has 40 heavy (non-hydrogen) atoms. The van der Waals surface area contributed by atoms with Gasteiger partial charge in [-0.2, -0.15) is 0 Å². The summed E-state index contributed by atoms with van der Waals surface area (Å²) in [7, 11) is 0. The molecule has 0 radical (unpaired) electrons. The van der Waals surface area contributed by atoms with E-state index in [0.29, 0.717) is 23.2 Å². The van der Waals surface area contributed by atoms with E-state index in [2.05, 4.69) is 10.6 Å². The van der Waals surface area contributed by atoms with Crippen molar-refractivity contribution in [3.05, 3.63) is 59.2 Å². The Hall–Kier alpha value is -4.08. The van der Waals surface area contributed by atoms with Crippen molar-refractivity contribution in [1.82, 2.24) is 10.2 Å². The Labute approximate surface area is 236 Å². The number of para-hydroxylation sites is 1. The van der Waals surface area contributed by atoms with Crippen molar-refractivity contribution in [3.8, 4) is 5.75 Å². The first-order valence-electron chi connectivity index (χ1n) is 13.5. The molecule has 0 aliphatic carbocycles. The number of ether oxygens (including phenoxy) is 1. The first-order chi connectivity index (χ1) is 18.7. The average Bonchev–Trinajstić information content (AvgIpc) is 2.84. The fourth-order valence-electron chi connectivity index (χ4n) is 4.19. The average molecular weight is 555 g/mol. The van der Waals surface area contributed by atoms with Crippen molar-refractivity contribution < 1.29 is 29.0 Å². The number of nitrogens with one attached hydrogen (secondary N) is 2. The van der Waals surface area contributed by atoms with Crippen LogP contribution in [0.15, 0.2) is 42.5 Å². The van der Waals surface area contributed by atoms with E-state index in [4.69, 9.17) is 10.5 Å². The molecule has 0 saturated carbocycles. The molecule has 2 aromatic rings. The van der Waals surface area contributed by atoms with Gasteiger partial charge in [0.2, 0.25) is 11.8 Å². The predicted octanol–water partition coefficient (Wildman–Crippen LogP) is 4.48. The fraction of sp³-hybridized carbons (Fsp3) is 0.467. The molecule has 0 heterocycles. The largest absolute Gasteiger partial charge is 0.508 e. The maximum atomic E-state index is 14.1. The molecule has 4 amide bonds. The molecule has 10 nitrogen and oxygen atoms in total. The fourth-order valence-corrected chi connectivity index (χ4v) is 4.19. The summed E-state index contributed by atoms with van der Waals surface area (Å²) in [6, 6.07) is 9.44. The van der Waals surface area contributed by atoms with Gasteiger partial charge in [-0.25, -0.2) is 4.79 Å². The van der Waals surface area contributed by atoms with Crippen molar-refractivity contribution >= 4 is 29.5 Å². The van der Waals surface area contributed by atoms with Crippen LogP contribution >= 0.6 is 0 Å². The summed E-state index contributed by atoms with van der Waals surface area (Å²) in [6.07, 6.45) is 0.847. The van der Waals surface area contributed by atoms with Crippen LogP contribution in [0.1, 0.15) is 76.1 Å². The summed E-state index contributed by atoms with van der Waals surface area (Å²) in [6.45, 7) is 10.8. The highest BCUT2D eigenvalue weighted by Crippen LogP contribution is 2.29. The van der Waals surface area contributed by atoms with Crippen LogP contribution in [0.4, 0.5) is 10.5 Å². The number of phenols is 1. The first kappa shape index (κ1) is 32.1. The lowest BCUT2D eigenvalue weighted by Crippen LogP contribution is -2.53. The van der Waals surface area contributed by atoms with Crippen LogP contribution in [-0.4, -0.2) is 52.0 Å². The number of aromatic hydroxyl groups is 1. The molecule has 0 fully saturated rings. The minimum Gasteiger partial charge on any atom is -0.508 e. The summed E-state index contributed by atoms with van der Waals surface area (Å²) in [5.41, 5.74) is 7.00. The number of phenolic OH excluding ortho intramolecular Hbond substituents is 1. The number of amides is 4. The number of alkyl carbamates (subject to hydrolysis) is 1. The number of anilines is 1. The number of rotatable bonds is 12. The van der Waals surface area contributed by atoms with Gasteiger partial charge < -0.3 is 31.1 Å². The maximum Gasteiger partial charge on any atom is 0.408 e. The Balaban J connectivity index is 2.59. The summed E-state index contributed by atoms with van der Waals surface area (Å²) in [4.78, 5) is 53.9. The number of hydrogen-bond donors (Lipinski definition) is 4. The Bertz CT molecular complexity index is 1210. The lowest BCUT2D eigenvalue weighted by molar-refractivity contribution is -0.142. The van der Waals surface area contributed by atoms with Gasteiger partial charge in [-0.1, -0.05) is 44.0 Å². The summed E-state index contributed by atoms with van der Waals surface area (Å²) >= 11 is 0. The molecule has 5 N–H and O–H groups in total. The van der Waals surface area contributed by atoms with Crippen molar-refractivity contribution in [2.75, 3.05) is 11.9 Å². The summed E-state index contributed by atoms with van der Waals surface area (Å²) in [5, 5.41) is 15.5. The number of primary amides is 1. The molecule has 2 atom stereocenters. The molecular formula is C30H42N4O6. The Morgan fingerprint density at radius 3 is 2.27 bits per heavy atom. The summed E-state index contributed by atoms with van der Waals surface area (Å²) in [5.74, 6) is -1.90. The van der Waals surface area contributed by atoms with Gasteiger partial charge in [0.05, 0.1) is 6.42 Å². The lowest BCUT2D eigenvalue weighted by Gasteiger charge is -2.34. The van der Waals surface area contributed by atoms with Crippen molar-refractivity contribution in [1.29, 1.82) is 0 Å². The van der Waals surface area contributed by atoms with Gasteiger partial charge in [0.1, 0.15) is 23.4 Å². The SMILES string of the molecule is CCCCCN(C(=O)C(CC(N)=O)NC(=O)OC(C)(C)C)C(C(=O)Nc1ccccc1C)c1ccc(O)c(C)c1. The van der Waals surface area contributed by atoms with Crippen LogP contribution in [-0.2, 0) is 19.1 Å². The second-order valence-electron chi connectivity index (χ2n) is 10.9. The zero-order chi connectivity index (χ0) is 30.0. The molecule has 218 valence electrons. The number of aryl methyl sites for hydroxylation is 2.